The van der Waals surface area contributed by atoms with Crippen molar-refractivity contribution in [2.24, 2.45) is 22.2 Å². The number of carbonyl (C=O) groups is 1. The third-order valence-electron chi connectivity index (χ3n) is 7.68. The summed E-state index contributed by atoms with van der Waals surface area (Å²) in [5.41, 5.74) is -3.67. The molecule has 0 amide bonds. The number of hydrogen-bond acceptors (Lipinski definition) is 4. The molecule has 4 bridgehead atoms. The van der Waals surface area contributed by atoms with Gasteiger partial charge in [0.15, 0.2) is 0 Å². The molecule has 25 heavy (non-hydrogen) atoms. The molecular formula is C21H36O4. The lowest BCUT2D eigenvalue weighted by molar-refractivity contribution is -0.268. The van der Waals surface area contributed by atoms with Gasteiger partial charge in [-0.05, 0) is 42.9 Å². The molecule has 4 aliphatic rings. The zero-order chi connectivity index (χ0) is 19.1. The molecule has 0 aromatic rings. The number of esters is 1. The van der Waals surface area contributed by atoms with Crippen molar-refractivity contribution >= 4 is 5.97 Å². The first-order chi connectivity index (χ1) is 11.0. The molecule has 4 aliphatic carbocycles. The van der Waals surface area contributed by atoms with E-state index in [0.717, 1.165) is 19.3 Å². The summed E-state index contributed by atoms with van der Waals surface area (Å²) in [6.45, 7) is 14.5. The smallest absolute Gasteiger partial charge is 0.313 e. The van der Waals surface area contributed by atoms with Crippen molar-refractivity contribution in [2.45, 2.75) is 104 Å². The van der Waals surface area contributed by atoms with Crippen molar-refractivity contribution in [2.75, 3.05) is 0 Å². The Hall–Kier alpha value is -0.610. The van der Waals surface area contributed by atoms with Crippen LogP contribution in [0.3, 0.4) is 0 Å². The minimum absolute atomic E-state index is 0.193. The molecule has 0 radical (unpaired) electrons. The van der Waals surface area contributed by atoms with E-state index in [4.69, 9.17) is 4.74 Å². The molecule has 4 heteroatoms. The molecule has 0 aromatic carbocycles. The molecule has 0 saturated heterocycles. The first-order valence-electron chi connectivity index (χ1n) is 9.72. The Bertz CT molecular complexity index is 548. The molecular weight excluding hydrogens is 316 g/mol. The predicted molar refractivity (Wildman–Crippen MR) is 96.9 cm³/mol. The van der Waals surface area contributed by atoms with E-state index in [-0.39, 0.29) is 22.7 Å². The molecule has 4 fully saturated rings. The molecule has 0 heterocycles. The van der Waals surface area contributed by atoms with Gasteiger partial charge < -0.3 is 14.9 Å². The molecule has 0 spiro atoms. The number of ether oxygens (including phenoxy) is 1. The number of aliphatic hydroxyl groups is 2. The normalized spacial score (nSPS) is 41.1. The molecule has 0 aliphatic heterocycles. The standard InChI is InChI=1S/C21H36O4/c1-16(2,3)18(7,17(4,5)6)15(22)25-21-10-14-8-19(23,12-21)11-20(24,9-14)13-21/h14,23-24H,8-13H2,1-7H3. The average Bonchev–Trinajstić information content (AvgIpc) is 2.29. The molecule has 2 atom stereocenters. The van der Waals surface area contributed by atoms with E-state index in [1.54, 1.807) is 0 Å². The van der Waals surface area contributed by atoms with Crippen molar-refractivity contribution in [1.29, 1.82) is 0 Å². The number of hydrogen-bond donors (Lipinski definition) is 2. The summed E-state index contributed by atoms with van der Waals surface area (Å²) < 4.78 is 6.24. The van der Waals surface area contributed by atoms with Crippen LogP contribution in [-0.4, -0.2) is 33.0 Å². The second-order valence-electron chi connectivity index (χ2n) is 11.7. The molecule has 4 rings (SSSR count). The van der Waals surface area contributed by atoms with Crippen LogP contribution in [-0.2, 0) is 9.53 Å². The summed E-state index contributed by atoms with van der Waals surface area (Å²) in [6, 6.07) is 0. The van der Waals surface area contributed by atoms with Gasteiger partial charge in [-0.15, -0.1) is 0 Å². The lowest BCUT2D eigenvalue weighted by Gasteiger charge is -2.63. The summed E-state index contributed by atoms with van der Waals surface area (Å²) in [7, 11) is 0. The Labute approximate surface area is 152 Å². The minimum atomic E-state index is -0.881. The third kappa shape index (κ3) is 2.84. The zero-order valence-electron chi connectivity index (χ0n) is 17.0. The molecule has 2 unspecified atom stereocenters. The molecule has 0 aromatic heterocycles. The van der Waals surface area contributed by atoms with Crippen LogP contribution in [0.2, 0.25) is 0 Å². The van der Waals surface area contributed by atoms with Gasteiger partial charge in [-0.2, -0.15) is 0 Å². The molecule has 4 saturated carbocycles. The van der Waals surface area contributed by atoms with Gasteiger partial charge in [-0.3, -0.25) is 4.79 Å². The largest absolute Gasteiger partial charge is 0.458 e. The first-order valence-corrected chi connectivity index (χ1v) is 9.72. The van der Waals surface area contributed by atoms with E-state index in [1.165, 1.54) is 0 Å². The lowest BCUT2D eigenvalue weighted by atomic mass is 9.50. The summed E-state index contributed by atoms with van der Waals surface area (Å²) >= 11 is 0. The Morgan fingerprint density at radius 2 is 1.28 bits per heavy atom. The summed E-state index contributed by atoms with van der Waals surface area (Å²) in [4.78, 5) is 13.5. The van der Waals surface area contributed by atoms with Crippen molar-refractivity contribution in [3.8, 4) is 0 Å². The van der Waals surface area contributed by atoms with Crippen LogP contribution in [0.25, 0.3) is 0 Å². The van der Waals surface area contributed by atoms with E-state index < -0.39 is 22.2 Å². The van der Waals surface area contributed by atoms with Gasteiger partial charge in [0.05, 0.1) is 16.6 Å². The summed E-state index contributed by atoms with van der Waals surface area (Å²) in [6.07, 6.45) is 3.58. The van der Waals surface area contributed by atoms with Crippen molar-refractivity contribution in [1.82, 2.24) is 0 Å². The average molecular weight is 353 g/mol. The van der Waals surface area contributed by atoms with E-state index in [2.05, 4.69) is 41.5 Å². The maximum absolute atomic E-state index is 13.5. The lowest BCUT2D eigenvalue weighted by Crippen LogP contribution is -2.67. The van der Waals surface area contributed by atoms with Crippen molar-refractivity contribution < 1.29 is 19.7 Å². The van der Waals surface area contributed by atoms with Crippen molar-refractivity contribution in [3.05, 3.63) is 0 Å². The van der Waals surface area contributed by atoms with Crippen molar-refractivity contribution in [3.63, 3.8) is 0 Å². The van der Waals surface area contributed by atoms with E-state index in [0.29, 0.717) is 19.3 Å². The predicted octanol–water partition coefficient (Wildman–Crippen LogP) is 3.83. The van der Waals surface area contributed by atoms with Gasteiger partial charge in [-0.1, -0.05) is 41.5 Å². The van der Waals surface area contributed by atoms with E-state index in [1.807, 2.05) is 6.92 Å². The first kappa shape index (κ1) is 19.2. The Balaban J connectivity index is 1.92. The van der Waals surface area contributed by atoms with Gasteiger partial charge in [0.25, 0.3) is 0 Å². The molecule has 4 nitrogen and oxygen atoms in total. The monoisotopic (exact) mass is 352 g/mol. The molecule has 2 N–H and O–H groups in total. The van der Waals surface area contributed by atoms with Crippen LogP contribution in [0.15, 0.2) is 0 Å². The minimum Gasteiger partial charge on any atom is -0.458 e. The van der Waals surface area contributed by atoms with E-state index >= 15 is 0 Å². The quantitative estimate of drug-likeness (QED) is 0.741. The van der Waals surface area contributed by atoms with Crippen LogP contribution >= 0.6 is 0 Å². The maximum Gasteiger partial charge on any atom is 0.313 e. The second kappa shape index (κ2) is 5.01. The fourth-order valence-corrected chi connectivity index (χ4v) is 6.40. The van der Waals surface area contributed by atoms with Gasteiger partial charge in [0.2, 0.25) is 0 Å². The van der Waals surface area contributed by atoms with Crippen LogP contribution < -0.4 is 0 Å². The van der Waals surface area contributed by atoms with Crippen LogP contribution in [0.5, 0.6) is 0 Å². The molecule has 144 valence electrons. The SMILES string of the molecule is CC(C)(C)C(C)(C(=O)OC12CC3CC(O)(CC(O)(C3)C1)C2)C(C)(C)C. The summed E-state index contributed by atoms with van der Waals surface area (Å²) in [5, 5.41) is 21.8. The number of carbonyl (C=O) groups excluding carboxylic acids is 1. The van der Waals surface area contributed by atoms with Gasteiger partial charge >= 0.3 is 5.97 Å². The van der Waals surface area contributed by atoms with Gasteiger partial charge in [0.1, 0.15) is 5.60 Å². The van der Waals surface area contributed by atoms with Gasteiger partial charge in [-0.25, -0.2) is 0 Å². The topological polar surface area (TPSA) is 66.8 Å². The van der Waals surface area contributed by atoms with Gasteiger partial charge in [0, 0.05) is 19.3 Å². The highest BCUT2D eigenvalue weighted by Gasteiger charge is 2.66. The Kier molecular flexibility index (Phi) is 3.84. The van der Waals surface area contributed by atoms with Crippen LogP contribution in [0.1, 0.15) is 87.0 Å². The Morgan fingerprint density at radius 1 is 0.840 bits per heavy atom. The second-order valence-corrected chi connectivity index (χ2v) is 11.7. The fraction of sp³-hybridized carbons (Fsp3) is 0.952. The maximum atomic E-state index is 13.5. The van der Waals surface area contributed by atoms with E-state index in [9.17, 15) is 15.0 Å². The fourth-order valence-electron chi connectivity index (χ4n) is 6.40. The highest BCUT2D eigenvalue weighted by Crippen LogP contribution is 2.62. The third-order valence-corrected chi connectivity index (χ3v) is 7.68. The zero-order valence-corrected chi connectivity index (χ0v) is 17.0. The Morgan fingerprint density at radius 3 is 1.64 bits per heavy atom. The highest BCUT2D eigenvalue weighted by molar-refractivity contribution is 5.79. The van der Waals surface area contributed by atoms with Crippen LogP contribution in [0, 0.1) is 22.2 Å². The number of rotatable bonds is 2. The highest BCUT2D eigenvalue weighted by atomic mass is 16.6. The summed E-state index contributed by atoms with van der Waals surface area (Å²) in [5.74, 6) is 0.0521. The van der Waals surface area contributed by atoms with Crippen LogP contribution in [0.4, 0.5) is 0 Å².